The van der Waals surface area contributed by atoms with Crippen LogP contribution >= 0.6 is 11.3 Å². The Balaban J connectivity index is 2.91. The van der Waals surface area contributed by atoms with Crippen LogP contribution in [0.5, 0.6) is 0 Å². The highest BCUT2D eigenvalue weighted by Crippen LogP contribution is 2.27. The number of thiophene rings is 1. The van der Waals surface area contributed by atoms with Crippen molar-refractivity contribution in [1.29, 1.82) is 0 Å². The van der Waals surface area contributed by atoms with Crippen LogP contribution in [0.15, 0.2) is 11.4 Å². The molecule has 0 atom stereocenters. The molecule has 0 amide bonds. The lowest BCUT2D eigenvalue weighted by atomic mass is 10.2. The quantitative estimate of drug-likeness (QED) is 0.542. The first-order chi connectivity index (χ1) is 4.74. The molecule has 10 heavy (non-hydrogen) atoms. The molecule has 0 unspecified atom stereocenters. The summed E-state index contributed by atoms with van der Waals surface area (Å²) in [6.07, 6.45) is 0. The summed E-state index contributed by atoms with van der Waals surface area (Å²) in [5.41, 5.74) is 0.772. The van der Waals surface area contributed by atoms with Crippen LogP contribution < -0.4 is 0 Å². The van der Waals surface area contributed by atoms with Crippen molar-refractivity contribution in [2.24, 2.45) is 0 Å². The predicted molar refractivity (Wildman–Crippen MR) is 44.7 cm³/mol. The molecule has 1 aromatic heterocycles. The molecule has 2 heteroatoms. The van der Waals surface area contributed by atoms with E-state index in [4.69, 9.17) is 6.57 Å². The molecule has 0 aromatic carbocycles. The van der Waals surface area contributed by atoms with Gasteiger partial charge >= 0.3 is 0 Å². The van der Waals surface area contributed by atoms with Crippen molar-refractivity contribution in [2.45, 2.75) is 19.8 Å². The normalized spacial score (nSPS) is 9.80. The van der Waals surface area contributed by atoms with Gasteiger partial charge in [-0.3, -0.25) is 0 Å². The van der Waals surface area contributed by atoms with Gasteiger partial charge in [-0.25, -0.2) is 4.85 Å². The zero-order valence-corrected chi connectivity index (χ0v) is 6.90. The van der Waals surface area contributed by atoms with Gasteiger partial charge in [0.25, 0.3) is 0 Å². The van der Waals surface area contributed by atoms with Gasteiger partial charge in [0.05, 0.1) is 6.57 Å². The van der Waals surface area contributed by atoms with E-state index in [1.54, 1.807) is 11.3 Å². The molecule has 0 N–H and O–H groups in total. The van der Waals surface area contributed by atoms with Gasteiger partial charge in [-0.2, -0.15) is 11.3 Å². The molecule has 1 rings (SSSR count). The fraction of sp³-hybridized carbons (Fsp3) is 0.375. The maximum Gasteiger partial charge on any atom is 0.197 e. The molecule has 0 aliphatic rings. The molecular formula is C8H9NS. The minimum Gasteiger partial charge on any atom is -0.237 e. The second-order valence-corrected chi connectivity index (χ2v) is 3.42. The van der Waals surface area contributed by atoms with Gasteiger partial charge in [0.2, 0.25) is 0 Å². The molecule has 0 aliphatic carbocycles. The first-order valence-electron chi connectivity index (χ1n) is 3.20. The van der Waals surface area contributed by atoms with Crippen molar-refractivity contribution in [2.75, 3.05) is 0 Å². The van der Waals surface area contributed by atoms with Crippen molar-refractivity contribution in [3.8, 4) is 0 Å². The second-order valence-electron chi connectivity index (χ2n) is 2.47. The SMILES string of the molecule is [C-]#[N+]c1csc(C(C)C)c1. The summed E-state index contributed by atoms with van der Waals surface area (Å²) in [5, 5.41) is 1.91. The highest BCUT2D eigenvalue weighted by Gasteiger charge is 2.01. The van der Waals surface area contributed by atoms with E-state index < -0.39 is 0 Å². The minimum atomic E-state index is 0.556. The van der Waals surface area contributed by atoms with Crippen LogP contribution in [-0.4, -0.2) is 0 Å². The summed E-state index contributed by atoms with van der Waals surface area (Å²) in [6.45, 7) is 11.0. The molecule has 0 aliphatic heterocycles. The summed E-state index contributed by atoms with van der Waals surface area (Å²) in [4.78, 5) is 4.63. The molecule has 1 nitrogen and oxygen atoms in total. The Hall–Kier alpha value is -0.810. The lowest BCUT2D eigenvalue weighted by molar-refractivity contribution is 0.890. The number of nitrogens with zero attached hydrogens (tertiary/aromatic N) is 1. The van der Waals surface area contributed by atoms with E-state index in [1.807, 2.05) is 11.4 Å². The van der Waals surface area contributed by atoms with Crippen LogP contribution in [-0.2, 0) is 0 Å². The third-order valence-corrected chi connectivity index (χ3v) is 2.52. The second kappa shape index (κ2) is 2.85. The van der Waals surface area contributed by atoms with Crippen LogP contribution in [0.25, 0.3) is 4.85 Å². The zero-order chi connectivity index (χ0) is 7.56. The fourth-order valence-corrected chi connectivity index (χ4v) is 1.54. The summed E-state index contributed by atoms with van der Waals surface area (Å²) >= 11 is 1.67. The van der Waals surface area contributed by atoms with Gasteiger partial charge in [0, 0.05) is 0 Å². The summed E-state index contributed by atoms with van der Waals surface area (Å²) in [5.74, 6) is 0.556. The number of hydrogen-bond acceptors (Lipinski definition) is 1. The first kappa shape index (κ1) is 7.30. The lowest BCUT2D eigenvalue weighted by Gasteiger charge is -1.96. The van der Waals surface area contributed by atoms with Gasteiger partial charge in [0.15, 0.2) is 5.69 Å². The van der Waals surface area contributed by atoms with Crippen molar-refractivity contribution in [3.05, 3.63) is 27.7 Å². The molecule has 0 radical (unpaired) electrons. The largest absolute Gasteiger partial charge is 0.237 e. The zero-order valence-electron chi connectivity index (χ0n) is 6.09. The smallest absolute Gasteiger partial charge is 0.197 e. The van der Waals surface area contributed by atoms with Crippen LogP contribution in [0.2, 0.25) is 0 Å². The van der Waals surface area contributed by atoms with Crippen molar-refractivity contribution in [3.63, 3.8) is 0 Å². The first-order valence-corrected chi connectivity index (χ1v) is 4.08. The Morgan fingerprint density at radius 2 is 2.30 bits per heavy atom. The van der Waals surface area contributed by atoms with Crippen LogP contribution in [0.3, 0.4) is 0 Å². The standard InChI is InChI=1S/C8H9NS/c1-6(2)8-4-7(9-3)5-10-8/h4-6H,1-2H3. The molecule has 52 valence electrons. The minimum absolute atomic E-state index is 0.556. The Morgan fingerprint density at radius 3 is 2.60 bits per heavy atom. The highest BCUT2D eigenvalue weighted by molar-refractivity contribution is 7.10. The topological polar surface area (TPSA) is 4.36 Å². The van der Waals surface area contributed by atoms with Gasteiger partial charge in [-0.1, -0.05) is 13.8 Å². The van der Waals surface area contributed by atoms with E-state index in [-0.39, 0.29) is 0 Å². The monoisotopic (exact) mass is 151 g/mol. The molecule has 0 spiro atoms. The third kappa shape index (κ3) is 1.37. The molecule has 0 saturated carbocycles. The molecule has 1 aromatic rings. The van der Waals surface area contributed by atoms with E-state index >= 15 is 0 Å². The van der Waals surface area contributed by atoms with Crippen molar-refractivity contribution in [1.82, 2.24) is 0 Å². The van der Waals surface area contributed by atoms with Gasteiger partial charge < -0.3 is 0 Å². The summed E-state index contributed by atoms with van der Waals surface area (Å²) < 4.78 is 0. The average molecular weight is 151 g/mol. The summed E-state index contributed by atoms with van der Waals surface area (Å²) in [6, 6.07) is 1.96. The van der Waals surface area contributed by atoms with Crippen LogP contribution in [0.1, 0.15) is 24.6 Å². The van der Waals surface area contributed by atoms with Gasteiger partial charge in [-0.05, 0) is 22.2 Å². The van der Waals surface area contributed by atoms with Crippen LogP contribution in [0, 0.1) is 6.57 Å². The van der Waals surface area contributed by atoms with Gasteiger partial charge in [0.1, 0.15) is 0 Å². The van der Waals surface area contributed by atoms with E-state index in [0.717, 1.165) is 5.69 Å². The molecular weight excluding hydrogens is 142 g/mol. The van der Waals surface area contributed by atoms with Crippen molar-refractivity contribution >= 4 is 17.0 Å². The highest BCUT2D eigenvalue weighted by atomic mass is 32.1. The molecule has 0 bridgehead atoms. The summed E-state index contributed by atoms with van der Waals surface area (Å²) in [7, 11) is 0. The van der Waals surface area contributed by atoms with E-state index in [0.29, 0.717) is 5.92 Å². The van der Waals surface area contributed by atoms with E-state index in [1.165, 1.54) is 4.88 Å². The number of hydrogen-bond donors (Lipinski definition) is 0. The van der Waals surface area contributed by atoms with E-state index in [9.17, 15) is 0 Å². The Kier molecular flexibility index (Phi) is 2.08. The Morgan fingerprint density at radius 1 is 1.60 bits per heavy atom. The van der Waals surface area contributed by atoms with Gasteiger partial charge in [-0.15, -0.1) is 0 Å². The third-order valence-electron chi connectivity index (χ3n) is 1.30. The molecule has 0 fully saturated rings. The predicted octanol–water partition coefficient (Wildman–Crippen LogP) is 3.42. The maximum absolute atomic E-state index is 6.73. The molecule has 1 heterocycles. The van der Waals surface area contributed by atoms with Crippen LogP contribution in [0.4, 0.5) is 5.69 Å². The average Bonchev–Trinajstić information content (AvgIpc) is 2.34. The van der Waals surface area contributed by atoms with E-state index in [2.05, 4.69) is 18.7 Å². The fourth-order valence-electron chi connectivity index (χ4n) is 0.704. The lowest BCUT2D eigenvalue weighted by Crippen LogP contribution is -1.77. The number of rotatable bonds is 1. The molecule has 0 saturated heterocycles. The maximum atomic E-state index is 6.73. The Labute approximate surface area is 65.1 Å². The van der Waals surface area contributed by atoms with Crippen molar-refractivity contribution < 1.29 is 0 Å². The Bertz CT molecular complexity index is 254.